The van der Waals surface area contributed by atoms with Crippen molar-refractivity contribution in [3.63, 3.8) is 0 Å². The molecule has 0 bridgehead atoms. The van der Waals surface area contributed by atoms with Gasteiger partial charge in [0.05, 0.1) is 17.1 Å². The van der Waals surface area contributed by atoms with Crippen LogP contribution in [0.5, 0.6) is 0 Å². The van der Waals surface area contributed by atoms with Gasteiger partial charge in [-0.2, -0.15) is 21.6 Å². The summed E-state index contributed by atoms with van der Waals surface area (Å²) < 4.78 is 67.5. The molecule has 3 nitrogen and oxygen atoms in total. The van der Waals surface area contributed by atoms with Crippen molar-refractivity contribution < 1.29 is 25.8 Å². The second kappa shape index (κ2) is 7.36. The van der Waals surface area contributed by atoms with Crippen LogP contribution in [0.1, 0.15) is 23.1 Å². The van der Waals surface area contributed by atoms with Gasteiger partial charge in [-0.15, -0.1) is 0 Å². The molecule has 2 rings (SSSR count). The van der Waals surface area contributed by atoms with E-state index >= 15 is 0 Å². The Labute approximate surface area is 139 Å². The predicted molar refractivity (Wildman–Crippen MR) is 84.1 cm³/mol. The first kappa shape index (κ1) is 18.5. The van der Waals surface area contributed by atoms with E-state index < -0.39 is 21.9 Å². The van der Waals surface area contributed by atoms with Crippen LogP contribution in [0.15, 0.2) is 53.4 Å². The van der Waals surface area contributed by atoms with Crippen molar-refractivity contribution in [2.45, 2.75) is 30.8 Å². The molecule has 0 fully saturated rings. The zero-order chi connectivity index (χ0) is 17.8. The van der Waals surface area contributed by atoms with Crippen LogP contribution in [0.3, 0.4) is 0 Å². The summed E-state index contributed by atoms with van der Waals surface area (Å²) in [4.78, 5) is 0.0313. The third kappa shape index (κ3) is 4.82. The Morgan fingerprint density at radius 3 is 2.25 bits per heavy atom. The Balaban J connectivity index is 1.95. The number of rotatable bonds is 6. The summed E-state index contributed by atoms with van der Waals surface area (Å²) in [5, 5.41) is 0. The Morgan fingerprint density at radius 1 is 1.00 bits per heavy atom. The SMILES string of the molecule is Cc1ccc(S(=O)(=O)OCCCc2ccccc2C(F)(F)F)cc1. The van der Waals surface area contributed by atoms with Gasteiger partial charge in [0, 0.05) is 0 Å². The lowest BCUT2D eigenvalue weighted by molar-refractivity contribution is -0.138. The molecule has 2 aromatic rings. The van der Waals surface area contributed by atoms with Crippen molar-refractivity contribution >= 4 is 10.1 Å². The molecule has 0 heterocycles. The Hall–Kier alpha value is -1.86. The highest BCUT2D eigenvalue weighted by molar-refractivity contribution is 7.86. The Bertz CT molecular complexity index is 781. The van der Waals surface area contributed by atoms with Gasteiger partial charge in [-0.1, -0.05) is 35.9 Å². The molecule has 7 heteroatoms. The smallest absolute Gasteiger partial charge is 0.266 e. The minimum atomic E-state index is -4.43. The van der Waals surface area contributed by atoms with Crippen LogP contribution >= 0.6 is 0 Å². The maximum Gasteiger partial charge on any atom is 0.416 e. The topological polar surface area (TPSA) is 43.4 Å². The summed E-state index contributed by atoms with van der Waals surface area (Å²) in [6.07, 6.45) is -4.18. The number of aryl methyl sites for hydroxylation is 2. The van der Waals surface area contributed by atoms with Gasteiger partial charge in [0.15, 0.2) is 0 Å². The first-order valence-electron chi connectivity index (χ1n) is 7.31. The quantitative estimate of drug-likeness (QED) is 0.569. The highest BCUT2D eigenvalue weighted by Crippen LogP contribution is 2.32. The molecule has 0 aliphatic carbocycles. The minimum Gasteiger partial charge on any atom is -0.266 e. The summed E-state index contributed by atoms with van der Waals surface area (Å²) in [5.74, 6) is 0. The summed E-state index contributed by atoms with van der Waals surface area (Å²) in [5.41, 5.74) is 0.338. The molecule has 0 unspecified atom stereocenters. The first-order valence-corrected chi connectivity index (χ1v) is 8.72. The molecule has 0 N–H and O–H groups in total. The second-order valence-corrected chi connectivity index (χ2v) is 6.96. The van der Waals surface area contributed by atoms with Crippen molar-refractivity contribution in [2.24, 2.45) is 0 Å². The van der Waals surface area contributed by atoms with E-state index in [1.54, 1.807) is 12.1 Å². The molecular formula is C17H17F3O3S. The van der Waals surface area contributed by atoms with Gasteiger partial charge in [0.1, 0.15) is 0 Å². The Morgan fingerprint density at radius 2 is 1.62 bits per heavy atom. The van der Waals surface area contributed by atoms with Gasteiger partial charge in [0.2, 0.25) is 0 Å². The van der Waals surface area contributed by atoms with Crippen molar-refractivity contribution in [1.82, 2.24) is 0 Å². The van der Waals surface area contributed by atoms with E-state index in [2.05, 4.69) is 0 Å². The van der Waals surface area contributed by atoms with Gasteiger partial charge in [-0.3, -0.25) is 4.18 Å². The number of hydrogen-bond donors (Lipinski definition) is 0. The van der Waals surface area contributed by atoms with Crippen LogP contribution in [-0.4, -0.2) is 15.0 Å². The monoisotopic (exact) mass is 358 g/mol. The summed E-state index contributed by atoms with van der Waals surface area (Å²) in [6, 6.07) is 11.4. The molecule has 0 spiro atoms. The van der Waals surface area contributed by atoms with Crippen molar-refractivity contribution in [1.29, 1.82) is 0 Å². The van der Waals surface area contributed by atoms with E-state index in [-0.39, 0.29) is 29.9 Å². The average molecular weight is 358 g/mol. The lowest BCUT2D eigenvalue weighted by Gasteiger charge is -2.12. The van der Waals surface area contributed by atoms with Crippen LogP contribution in [0, 0.1) is 6.92 Å². The van der Waals surface area contributed by atoms with E-state index in [1.165, 1.54) is 30.3 Å². The molecule has 0 atom stereocenters. The molecule has 0 amide bonds. The van der Waals surface area contributed by atoms with Crippen molar-refractivity contribution in [3.05, 3.63) is 65.2 Å². The maximum absolute atomic E-state index is 12.9. The molecular weight excluding hydrogens is 341 g/mol. The van der Waals surface area contributed by atoms with Crippen LogP contribution in [-0.2, 0) is 26.9 Å². The molecule has 130 valence electrons. The van der Waals surface area contributed by atoms with Crippen LogP contribution in [0.25, 0.3) is 0 Å². The predicted octanol–water partition coefficient (Wildman–Crippen LogP) is 4.35. The molecule has 0 saturated carbocycles. The van der Waals surface area contributed by atoms with Crippen molar-refractivity contribution in [2.75, 3.05) is 6.61 Å². The highest BCUT2D eigenvalue weighted by Gasteiger charge is 2.32. The van der Waals surface area contributed by atoms with Crippen LogP contribution in [0.4, 0.5) is 13.2 Å². The molecule has 0 saturated heterocycles. The van der Waals surface area contributed by atoms with Crippen molar-refractivity contribution in [3.8, 4) is 0 Å². The average Bonchev–Trinajstić information content (AvgIpc) is 2.51. The molecule has 2 aromatic carbocycles. The van der Waals surface area contributed by atoms with Gasteiger partial charge in [-0.25, -0.2) is 0 Å². The lowest BCUT2D eigenvalue weighted by Crippen LogP contribution is -2.11. The fraction of sp³-hybridized carbons (Fsp3) is 0.294. The summed E-state index contributed by atoms with van der Waals surface area (Å²) >= 11 is 0. The van der Waals surface area contributed by atoms with E-state index in [9.17, 15) is 21.6 Å². The number of halogens is 3. The number of alkyl halides is 3. The number of hydrogen-bond acceptors (Lipinski definition) is 3. The van der Waals surface area contributed by atoms with Gasteiger partial charge in [-0.05, 0) is 43.5 Å². The normalized spacial score (nSPS) is 12.3. The molecule has 24 heavy (non-hydrogen) atoms. The minimum absolute atomic E-state index is 0.0313. The Kier molecular flexibility index (Phi) is 5.66. The second-order valence-electron chi connectivity index (χ2n) is 5.35. The van der Waals surface area contributed by atoms with E-state index in [1.807, 2.05) is 6.92 Å². The molecule has 0 aromatic heterocycles. The van der Waals surface area contributed by atoms with Gasteiger partial charge in [0.25, 0.3) is 10.1 Å². The summed E-state index contributed by atoms with van der Waals surface area (Å²) in [6.45, 7) is 1.65. The van der Waals surface area contributed by atoms with Crippen LogP contribution in [0.2, 0.25) is 0 Å². The van der Waals surface area contributed by atoms with Gasteiger partial charge < -0.3 is 0 Å². The zero-order valence-electron chi connectivity index (χ0n) is 13.0. The molecule has 0 aliphatic rings. The van der Waals surface area contributed by atoms with Gasteiger partial charge >= 0.3 is 6.18 Å². The third-order valence-corrected chi connectivity index (χ3v) is 4.79. The molecule has 0 radical (unpaired) electrons. The maximum atomic E-state index is 12.9. The fourth-order valence-electron chi connectivity index (χ4n) is 2.22. The highest BCUT2D eigenvalue weighted by atomic mass is 32.2. The largest absolute Gasteiger partial charge is 0.416 e. The fourth-order valence-corrected chi connectivity index (χ4v) is 3.16. The lowest BCUT2D eigenvalue weighted by atomic mass is 10.0. The number of benzene rings is 2. The van der Waals surface area contributed by atoms with Crippen LogP contribution < -0.4 is 0 Å². The van der Waals surface area contributed by atoms with E-state index in [4.69, 9.17) is 4.18 Å². The standard InChI is InChI=1S/C17H17F3O3S/c1-13-8-10-15(11-9-13)24(21,22)23-12-4-6-14-5-2-3-7-16(14)17(18,19)20/h2-3,5,7-11H,4,6,12H2,1H3. The first-order chi connectivity index (χ1) is 11.2. The summed E-state index contributed by atoms with van der Waals surface area (Å²) in [7, 11) is -3.89. The molecule has 0 aliphatic heterocycles. The third-order valence-electron chi connectivity index (χ3n) is 3.46. The van der Waals surface area contributed by atoms with E-state index in [0.29, 0.717) is 0 Å². The zero-order valence-corrected chi connectivity index (χ0v) is 13.8. The van der Waals surface area contributed by atoms with E-state index in [0.717, 1.165) is 11.6 Å².